The number of aliphatic hydroxyl groups is 3. The number of ether oxygens (including phenoxy) is 4. The van der Waals surface area contributed by atoms with E-state index in [0.29, 0.717) is 23.5 Å². The molecule has 86 heavy (non-hydrogen) atoms. The average molecular weight is 1230 g/mol. The summed E-state index contributed by atoms with van der Waals surface area (Å²) >= 11 is 11.6. The van der Waals surface area contributed by atoms with Gasteiger partial charge in [0.15, 0.2) is 22.7 Å². The second-order valence-corrected chi connectivity index (χ2v) is 25.8. The first-order valence-corrected chi connectivity index (χ1v) is 31.1. The molecule has 22 heteroatoms. The molecule has 1 aromatic heterocycles. The number of aliphatic hydroxyl groups excluding tert-OH is 3. The number of unbranched alkanes of at least 4 members (excludes halogenated alkanes) is 3. The van der Waals surface area contributed by atoms with Gasteiger partial charge in [0, 0.05) is 54.4 Å². The zero-order valence-corrected chi connectivity index (χ0v) is 49.7. The highest BCUT2D eigenvalue weighted by Crippen LogP contribution is 2.56. The number of hydrogen-bond acceptors (Lipinski definition) is 16. The number of carbonyl (C=O) groups excluding carboxylic acids is 5. The first-order chi connectivity index (χ1) is 41.6. The Labute approximate surface area is 507 Å². The maximum absolute atomic E-state index is 14.2. The molecular formula is C64H67Cl2N5O14P+. The fourth-order valence-electron chi connectivity index (χ4n) is 11.3. The minimum Gasteiger partial charge on any atom is -0.507 e. The van der Waals surface area contributed by atoms with Crippen LogP contribution in [0.15, 0.2) is 140 Å². The van der Waals surface area contributed by atoms with Crippen LogP contribution in [0.4, 0.5) is 10.5 Å². The third-order valence-electron chi connectivity index (χ3n) is 15.6. The summed E-state index contributed by atoms with van der Waals surface area (Å²) in [6, 6.07) is 42.1. The van der Waals surface area contributed by atoms with Crippen molar-refractivity contribution >= 4 is 81.4 Å². The van der Waals surface area contributed by atoms with Gasteiger partial charge in [-0.2, -0.15) is 0 Å². The lowest BCUT2D eigenvalue weighted by atomic mass is 9.78. The van der Waals surface area contributed by atoms with Crippen molar-refractivity contribution in [3.8, 4) is 17.2 Å². The molecule has 6 atom stereocenters. The summed E-state index contributed by atoms with van der Waals surface area (Å²) in [4.78, 5) is 65.7. The molecule has 7 aromatic rings. The zero-order chi connectivity index (χ0) is 61.1. The highest BCUT2D eigenvalue weighted by molar-refractivity contribution is 7.95. The number of Topliss-reactive ketones (excluding diaryl/α,β-unsaturated/α-hetero) is 1. The van der Waals surface area contributed by atoms with Crippen LogP contribution in [0.2, 0.25) is 0 Å². The molecule has 1 aliphatic carbocycles. The van der Waals surface area contributed by atoms with Crippen LogP contribution >= 0.6 is 30.5 Å². The molecule has 1 saturated heterocycles. The lowest BCUT2D eigenvalue weighted by molar-refractivity contribution is -0.246. The Morgan fingerprint density at radius 3 is 2.01 bits per heavy atom. The standard InChI is InChI=1S/C64H66Cl2N5O14P/c1-38-57(75)48(34-52(83-38)84-51(37-73)54-47(30-29-42(74)36-72)59(77)55-56(61(54)79)60(78)53-46(58(55)76)23-16-24-49(53)82-2)68-64(81)85-50(39-25-27-40(28-26-39)67-63(80)62(65)66)33-41-35-71(70-69-41)31-14-3-4-15-32-86(43-17-8-5-9-18-43,44-19-10-6-11-20-44)45-21-12-7-13-22-45/h5-13,16-28,35,38,48,50-52,57,62,72-73,75H,3-4,14-15,29-34,36-37H2,1-2H3,(H3-,67,68,69,70,76,77,78,79,80,81)/p+1/t38-,48-,50?,51-,52?,57+/m0/s1. The number of aryl methyl sites for hydroxylation is 1. The van der Waals surface area contributed by atoms with Gasteiger partial charge in [-0.25, -0.2) is 4.79 Å². The summed E-state index contributed by atoms with van der Waals surface area (Å²) in [7, 11) is -0.664. The van der Waals surface area contributed by atoms with E-state index >= 15 is 0 Å². The molecule has 2 amide bonds. The number of benzene rings is 6. The number of phenols is 2. The van der Waals surface area contributed by atoms with Crippen LogP contribution in [-0.2, 0) is 43.2 Å². The van der Waals surface area contributed by atoms with E-state index in [4.69, 9.17) is 42.1 Å². The Balaban J connectivity index is 0.889. The van der Waals surface area contributed by atoms with Crippen LogP contribution < -0.4 is 31.3 Å². The summed E-state index contributed by atoms with van der Waals surface area (Å²) in [6.45, 7) is 0.329. The van der Waals surface area contributed by atoms with Gasteiger partial charge < -0.3 is 55.1 Å². The summed E-state index contributed by atoms with van der Waals surface area (Å²) in [5.74, 6) is -4.56. The van der Waals surface area contributed by atoms with Crippen molar-refractivity contribution in [2.45, 2.75) is 106 Å². The van der Waals surface area contributed by atoms with Crippen LogP contribution in [0, 0.1) is 0 Å². The summed E-state index contributed by atoms with van der Waals surface area (Å²) in [5, 5.41) is 74.0. The van der Waals surface area contributed by atoms with Gasteiger partial charge >= 0.3 is 6.09 Å². The van der Waals surface area contributed by atoms with E-state index in [1.54, 1.807) is 35.1 Å². The lowest BCUT2D eigenvalue weighted by Gasteiger charge is -2.39. The van der Waals surface area contributed by atoms with Crippen molar-refractivity contribution in [2.24, 2.45) is 0 Å². The predicted octanol–water partition coefficient (Wildman–Crippen LogP) is 7.89. The molecule has 6 aromatic carbocycles. The van der Waals surface area contributed by atoms with Crippen molar-refractivity contribution in [3.63, 3.8) is 0 Å². The van der Waals surface area contributed by atoms with Crippen LogP contribution in [0.5, 0.6) is 17.2 Å². The van der Waals surface area contributed by atoms with Crippen molar-refractivity contribution in [1.29, 1.82) is 0 Å². The SMILES string of the molecule is COc1cccc2c1C(=O)c1c(O)c([C@H](CO)OC3C[C@H](NC(=O)OC(Cc4cn(CCCCCC[P+](c5ccccc5)(c5ccccc5)c5ccccc5)nn4)c4ccc(NC(=O)C(Cl)Cl)cc4)[C@H](O)[C@H](C)O3)c(CCC(=O)CO)c(O)c1C2=O. The normalized spacial score (nSPS) is 17.3. The second kappa shape index (κ2) is 28.7. The molecule has 7 N–H and O–H groups in total. The Bertz CT molecular complexity index is 3430. The first kappa shape index (κ1) is 62.9. The predicted molar refractivity (Wildman–Crippen MR) is 325 cm³/mol. The number of fused-ring (bicyclic) bond motifs is 2. The zero-order valence-electron chi connectivity index (χ0n) is 47.3. The molecule has 1 aliphatic heterocycles. The van der Waals surface area contributed by atoms with Gasteiger partial charge in [-0.1, -0.05) is 114 Å². The number of nitrogens with one attached hydrogen (secondary N) is 2. The fourth-order valence-corrected chi connectivity index (χ4v) is 15.9. The van der Waals surface area contributed by atoms with Crippen molar-refractivity contribution in [3.05, 3.63) is 184 Å². The van der Waals surface area contributed by atoms with E-state index in [-0.39, 0.29) is 53.7 Å². The quantitative estimate of drug-likeness (QED) is 0.0117. The van der Waals surface area contributed by atoms with Gasteiger partial charge in [-0.15, -0.1) is 5.10 Å². The number of ketones is 3. The minimum atomic E-state index is -1.96. The van der Waals surface area contributed by atoms with Gasteiger partial charge in [0.25, 0.3) is 5.91 Å². The molecule has 0 saturated carbocycles. The number of phenolic OH excluding ortho intramolecular Hbond substituents is 2. The number of nitrogens with zero attached hydrogens (tertiary/aromatic N) is 3. The molecule has 2 aliphatic rings. The average Bonchev–Trinajstić information content (AvgIpc) is 0.818. The number of anilines is 1. The number of methoxy groups -OCH3 is 1. The number of aromatic nitrogens is 3. The summed E-state index contributed by atoms with van der Waals surface area (Å²) < 4.78 is 25.5. The van der Waals surface area contributed by atoms with Crippen molar-refractivity contribution in [1.82, 2.24) is 20.3 Å². The number of hydrogen-bond donors (Lipinski definition) is 7. The Morgan fingerprint density at radius 2 is 1.41 bits per heavy atom. The Hall–Kier alpha value is -7.58. The lowest BCUT2D eigenvalue weighted by Crippen LogP contribution is -2.55. The third-order valence-corrected chi connectivity index (χ3v) is 20.5. The maximum atomic E-state index is 14.2. The first-order valence-electron chi connectivity index (χ1n) is 28.3. The van der Waals surface area contributed by atoms with Crippen molar-refractivity contribution < 1.29 is 68.5 Å². The molecule has 0 spiro atoms. The van der Waals surface area contributed by atoms with E-state index in [1.165, 1.54) is 48.1 Å². The fraction of sp³-hybridized carbons (Fsp3) is 0.328. The molecule has 2 heterocycles. The highest BCUT2D eigenvalue weighted by atomic mass is 35.5. The molecule has 450 valence electrons. The number of aromatic hydroxyl groups is 2. The van der Waals surface area contributed by atoms with Crippen LogP contribution in [0.25, 0.3) is 0 Å². The topological polar surface area (TPSA) is 278 Å². The highest BCUT2D eigenvalue weighted by Gasteiger charge is 2.46. The van der Waals surface area contributed by atoms with E-state index in [9.17, 15) is 49.5 Å². The van der Waals surface area contributed by atoms with Gasteiger partial charge in [0.2, 0.25) is 5.78 Å². The molecule has 1 fully saturated rings. The summed E-state index contributed by atoms with van der Waals surface area (Å²) in [6.07, 6.45) is -1.69. The van der Waals surface area contributed by atoms with Crippen molar-refractivity contribution in [2.75, 3.05) is 31.8 Å². The number of alkyl carbamates (subject to hydrolysis) is 1. The van der Waals surface area contributed by atoms with Gasteiger partial charge in [0.05, 0.1) is 54.4 Å². The number of rotatable bonds is 26. The number of carbonyl (C=O) groups is 5. The number of halogens is 2. The molecule has 9 rings (SSSR count). The second-order valence-electron chi connectivity index (χ2n) is 21.1. The van der Waals surface area contributed by atoms with E-state index < -0.39 is 114 Å². The largest absolute Gasteiger partial charge is 0.507 e. The van der Waals surface area contributed by atoms with E-state index in [0.717, 1.165) is 31.8 Å². The molecule has 2 unspecified atom stereocenters. The number of amides is 2. The molecule has 19 nitrogen and oxygen atoms in total. The third kappa shape index (κ3) is 14.0. The smallest absolute Gasteiger partial charge is 0.408 e. The van der Waals surface area contributed by atoms with Gasteiger partial charge in [0.1, 0.15) is 65.3 Å². The monoisotopic (exact) mass is 1230 g/mol. The minimum absolute atomic E-state index is 0.0223. The van der Waals surface area contributed by atoms with Crippen LogP contribution in [0.3, 0.4) is 0 Å². The maximum Gasteiger partial charge on any atom is 0.408 e. The molecular weight excluding hydrogens is 1160 g/mol. The molecule has 0 radical (unpaired) electrons. The van der Waals surface area contributed by atoms with Crippen LogP contribution in [-0.4, -0.2) is 126 Å². The Morgan fingerprint density at radius 1 is 0.779 bits per heavy atom. The van der Waals surface area contributed by atoms with Gasteiger partial charge in [-0.3, -0.25) is 23.9 Å². The Kier molecular flexibility index (Phi) is 21.0. The van der Waals surface area contributed by atoms with Gasteiger partial charge in [-0.05, 0) is 92.8 Å². The van der Waals surface area contributed by atoms with E-state index in [2.05, 4.69) is 112 Å². The van der Waals surface area contributed by atoms with E-state index in [1.807, 2.05) is 0 Å². The summed E-state index contributed by atoms with van der Waals surface area (Å²) in [5.41, 5.74) is -0.608. The van der Waals surface area contributed by atoms with Crippen LogP contribution in [0.1, 0.15) is 112 Å². The number of alkyl halides is 2. The molecule has 0 bridgehead atoms.